The second-order valence-electron chi connectivity index (χ2n) is 3.88. The van der Waals surface area contributed by atoms with Gasteiger partial charge in [0, 0.05) is 6.42 Å². The standard InChI is InChI=1S/C12H16N4/c1-3-10-14-12(16-15-10)11(13)9-6-4-8(2)5-7-9/h4-7,11H,3,13H2,1-2H3,(H,14,15,16). The van der Waals surface area contributed by atoms with Crippen molar-refractivity contribution in [3.8, 4) is 0 Å². The highest BCUT2D eigenvalue weighted by atomic mass is 15.2. The Labute approximate surface area is 94.9 Å². The van der Waals surface area contributed by atoms with E-state index in [0.29, 0.717) is 5.82 Å². The smallest absolute Gasteiger partial charge is 0.171 e. The Bertz CT molecular complexity index is 458. The van der Waals surface area contributed by atoms with Gasteiger partial charge in [0.25, 0.3) is 0 Å². The molecule has 0 spiro atoms. The van der Waals surface area contributed by atoms with Gasteiger partial charge in [0.1, 0.15) is 5.82 Å². The lowest BCUT2D eigenvalue weighted by Gasteiger charge is -2.07. The molecule has 0 amide bonds. The van der Waals surface area contributed by atoms with E-state index in [9.17, 15) is 0 Å². The number of nitrogens with two attached hydrogens (primary N) is 1. The second-order valence-corrected chi connectivity index (χ2v) is 3.88. The zero-order valence-corrected chi connectivity index (χ0v) is 9.57. The van der Waals surface area contributed by atoms with E-state index in [1.54, 1.807) is 0 Å². The van der Waals surface area contributed by atoms with Gasteiger partial charge in [-0.15, -0.1) is 0 Å². The average Bonchev–Trinajstić information content (AvgIpc) is 2.77. The first-order valence-electron chi connectivity index (χ1n) is 5.44. The van der Waals surface area contributed by atoms with Crippen LogP contribution in [0.1, 0.15) is 35.7 Å². The highest BCUT2D eigenvalue weighted by Crippen LogP contribution is 2.16. The van der Waals surface area contributed by atoms with E-state index in [0.717, 1.165) is 17.8 Å². The van der Waals surface area contributed by atoms with Gasteiger partial charge >= 0.3 is 0 Å². The summed E-state index contributed by atoms with van der Waals surface area (Å²) in [6.07, 6.45) is 0.841. The summed E-state index contributed by atoms with van der Waals surface area (Å²) in [5.41, 5.74) is 8.35. The van der Waals surface area contributed by atoms with E-state index < -0.39 is 0 Å². The summed E-state index contributed by atoms with van der Waals surface area (Å²) in [4.78, 5) is 4.34. The molecule has 0 aliphatic carbocycles. The van der Waals surface area contributed by atoms with Crippen molar-refractivity contribution in [3.05, 3.63) is 47.0 Å². The normalized spacial score (nSPS) is 12.7. The average molecular weight is 216 g/mol. The fourth-order valence-corrected chi connectivity index (χ4v) is 1.53. The van der Waals surface area contributed by atoms with Crippen molar-refractivity contribution < 1.29 is 0 Å². The number of benzene rings is 1. The van der Waals surface area contributed by atoms with Crippen molar-refractivity contribution in [1.82, 2.24) is 15.2 Å². The van der Waals surface area contributed by atoms with Gasteiger partial charge in [0.05, 0.1) is 6.04 Å². The number of nitrogens with zero attached hydrogens (tertiary/aromatic N) is 2. The third-order valence-electron chi connectivity index (χ3n) is 2.60. The summed E-state index contributed by atoms with van der Waals surface area (Å²) in [6, 6.07) is 7.87. The first-order chi connectivity index (χ1) is 7.70. The van der Waals surface area contributed by atoms with Crippen LogP contribution in [-0.2, 0) is 6.42 Å². The van der Waals surface area contributed by atoms with Crippen LogP contribution >= 0.6 is 0 Å². The topological polar surface area (TPSA) is 67.6 Å². The van der Waals surface area contributed by atoms with Crippen LogP contribution in [0.2, 0.25) is 0 Å². The molecule has 2 rings (SSSR count). The van der Waals surface area contributed by atoms with Crippen LogP contribution in [0.25, 0.3) is 0 Å². The largest absolute Gasteiger partial charge is 0.318 e. The Morgan fingerprint density at radius 2 is 2.00 bits per heavy atom. The van der Waals surface area contributed by atoms with Crippen molar-refractivity contribution in [1.29, 1.82) is 0 Å². The van der Waals surface area contributed by atoms with E-state index in [1.807, 2.05) is 31.2 Å². The maximum absolute atomic E-state index is 6.09. The third kappa shape index (κ3) is 2.12. The van der Waals surface area contributed by atoms with Crippen molar-refractivity contribution in [2.24, 2.45) is 5.73 Å². The number of aryl methyl sites for hydroxylation is 2. The van der Waals surface area contributed by atoms with E-state index in [4.69, 9.17) is 5.73 Å². The van der Waals surface area contributed by atoms with Gasteiger partial charge in [-0.3, -0.25) is 5.10 Å². The molecule has 0 aliphatic heterocycles. The Balaban J connectivity index is 2.24. The van der Waals surface area contributed by atoms with Crippen molar-refractivity contribution in [3.63, 3.8) is 0 Å². The monoisotopic (exact) mass is 216 g/mol. The van der Waals surface area contributed by atoms with E-state index >= 15 is 0 Å². The molecule has 1 unspecified atom stereocenters. The summed E-state index contributed by atoms with van der Waals surface area (Å²) in [7, 11) is 0. The highest BCUT2D eigenvalue weighted by Gasteiger charge is 2.13. The molecule has 0 bridgehead atoms. The molecule has 16 heavy (non-hydrogen) atoms. The minimum atomic E-state index is -0.253. The zero-order chi connectivity index (χ0) is 11.5. The molecular weight excluding hydrogens is 200 g/mol. The molecule has 0 saturated heterocycles. The molecule has 84 valence electrons. The molecule has 0 aliphatic rings. The number of aromatic amines is 1. The molecule has 0 fully saturated rings. The zero-order valence-electron chi connectivity index (χ0n) is 9.57. The molecule has 1 aromatic heterocycles. The van der Waals surface area contributed by atoms with Crippen molar-refractivity contribution in [2.45, 2.75) is 26.3 Å². The van der Waals surface area contributed by atoms with Gasteiger partial charge in [0.15, 0.2) is 5.82 Å². The summed E-state index contributed by atoms with van der Waals surface area (Å²) >= 11 is 0. The molecule has 3 N–H and O–H groups in total. The fraction of sp³-hybridized carbons (Fsp3) is 0.333. The Morgan fingerprint density at radius 1 is 1.31 bits per heavy atom. The lowest BCUT2D eigenvalue weighted by molar-refractivity contribution is 0.786. The van der Waals surface area contributed by atoms with E-state index in [2.05, 4.69) is 22.1 Å². The highest BCUT2D eigenvalue weighted by molar-refractivity contribution is 5.27. The van der Waals surface area contributed by atoms with Crippen LogP contribution < -0.4 is 5.73 Å². The quantitative estimate of drug-likeness (QED) is 0.821. The number of nitrogens with one attached hydrogen (secondary N) is 1. The number of H-pyrrole nitrogens is 1. The molecule has 0 saturated carbocycles. The Hall–Kier alpha value is -1.68. The van der Waals surface area contributed by atoms with E-state index in [-0.39, 0.29) is 6.04 Å². The molecule has 1 aromatic carbocycles. The van der Waals surface area contributed by atoms with Gasteiger partial charge in [-0.05, 0) is 12.5 Å². The predicted octanol–water partition coefficient (Wildman–Crippen LogP) is 1.72. The number of hydrogen-bond acceptors (Lipinski definition) is 3. The molecular formula is C12H16N4. The van der Waals surface area contributed by atoms with Crippen LogP contribution in [0, 0.1) is 6.92 Å². The molecule has 4 nitrogen and oxygen atoms in total. The molecule has 0 radical (unpaired) electrons. The van der Waals surface area contributed by atoms with Crippen LogP contribution in [0.4, 0.5) is 0 Å². The molecule has 4 heteroatoms. The van der Waals surface area contributed by atoms with E-state index in [1.165, 1.54) is 5.56 Å². The first kappa shape index (κ1) is 10.8. The van der Waals surface area contributed by atoms with Gasteiger partial charge in [-0.1, -0.05) is 36.8 Å². The van der Waals surface area contributed by atoms with Crippen LogP contribution in [0.3, 0.4) is 0 Å². The number of aromatic nitrogens is 3. The third-order valence-corrected chi connectivity index (χ3v) is 2.60. The minimum absolute atomic E-state index is 0.253. The molecule has 1 atom stereocenters. The lowest BCUT2D eigenvalue weighted by atomic mass is 10.1. The van der Waals surface area contributed by atoms with Gasteiger partial charge < -0.3 is 5.73 Å². The van der Waals surface area contributed by atoms with Crippen LogP contribution in [-0.4, -0.2) is 15.2 Å². The SMILES string of the molecule is CCc1nc(C(N)c2ccc(C)cc2)n[nH]1. The minimum Gasteiger partial charge on any atom is -0.318 e. The summed E-state index contributed by atoms with van der Waals surface area (Å²) in [5, 5.41) is 7.00. The predicted molar refractivity (Wildman–Crippen MR) is 63.0 cm³/mol. The maximum atomic E-state index is 6.09. The van der Waals surface area contributed by atoms with Crippen LogP contribution in [0.15, 0.2) is 24.3 Å². The van der Waals surface area contributed by atoms with Crippen molar-refractivity contribution in [2.75, 3.05) is 0 Å². The molecule has 1 heterocycles. The summed E-state index contributed by atoms with van der Waals surface area (Å²) < 4.78 is 0. The number of hydrogen-bond donors (Lipinski definition) is 2. The maximum Gasteiger partial charge on any atom is 0.171 e. The van der Waals surface area contributed by atoms with Gasteiger partial charge in [-0.25, -0.2) is 4.98 Å². The van der Waals surface area contributed by atoms with Gasteiger partial charge in [0.2, 0.25) is 0 Å². The Morgan fingerprint density at radius 3 is 2.56 bits per heavy atom. The van der Waals surface area contributed by atoms with Crippen molar-refractivity contribution >= 4 is 0 Å². The number of rotatable bonds is 3. The van der Waals surface area contributed by atoms with Gasteiger partial charge in [-0.2, -0.15) is 5.10 Å². The lowest BCUT2D eigenvalue weighted by Crippen LogP contribution is -2.13. The first-order valence-corrected chi connectivity index (χ1v) is 5.44. The van der Waals surface area contributed by atoms with Crippen LogP contribution in [0.5, 0.6) is 0 Å². The molecule has 2 aromatic rings. The summed E-state index contributed by atoms with van der Waals surface area (Å²) in [5.74, 6) is 1.53. The fourth-order valence-electron chi connectivity index (χ4n) is 1.53. The second kappa shape index (κ2) is 4.45. The summed E-state index contributed by atoms with van der Waals surface area (Å²) in [6.45, 7) is 4.08. The Kier molecular flexibility index (Phi) is 3.01.